The molecule has 0 N–H and O–H groups in total. The molecule has 0 fully saturated rings. The number of amides is 1. The van der Waals surface area contributed by atoms with Crippen LogP contribution in [0, 0.1) is 6.92 Å². The Kier molecular flexibility index (Phi) is 5.16. The lowest BCUT2D eigenvalue weighted by Gasteiger charge is -2.24. The smallest absolute Gasteiger partial charge is 0.251 e. The summed E-state index contributed by atoms with van der Waals surface area (Å²) in [5.41, 5.74) is 2.40. The molecule has 0 spiro atoms. The van der Waals surface area contributed by atoms with Gasteiger partial charge in [0.25, 0.3) is 5.91 Å². The minimum atomic E-state index is -0.376. The van der Waals surface area contributed by atoms with E-state index in [1.165, 1.54) is 11.1 Å². The van der Waals surface area contributed by atoms with E-state index in [1.54, 1.807) is 14.0 Å². The highest BCUT2D eigenvalue weighted by Crippen LogP contribution is 2.11. The Hall–Kier alpha value is -1.35. The minimum Gasteiger partial charge on any atom is -0.372 e. The van der Waals surface area contributed by atoms with Crippen molar-refractivity contribution >= 4 is 5.91 Å². The Bertz CT molecular complexity index is 376. The molecule has 0 aliphatic heterocycles. The Morgan fingerprint density at radius 2 is 2.06 bits per heavy atom. The topological polar surface area (TPSA) is 29.5 Å². The van der Waals surface area contributed by atoms with Crippen molar-refractivity contribution in [2.75, 3.05) is 13.7 Å². The summed E-state index contributed by atoms with van der Waals surface area (Å²) in [5.74, 6) is 0.0400. The maximum absolute atomic E-state index is 12.0. The Morgan fingerprint density at radius 3 is 2.59 bits per heavy atom. The molecule has 3 heteroatoms. The van der Waals surface area contributed by atoms with E-state index in [-0.39, 0.29) is 12.0 Å². The van der Waals surface area contributed by atoms with Crippen LogP contribution in [0.25, 0.3) is 0 Å². The molecule has 0 aromatic heterocycles. The SMILES string of the molecule is CCN(Cc1ccccc1C)C(=O)C(C)OC. The van der Waals surface area contributed by atoms with Crippen molar-refractivity contribution in [3.05, 3.63) is 35.4 Å². The monoisotopic (exact) mass is 235 g/mol. The first kappa shape index (κ1) is 13.7. The van der Waals surface area contributed by atoms with Crippen LogP contribution in [0.4, 0.5) is 0 Å². The normalized spacial score (nSPS) is 12.2. The average Bonchev–Trinajstić information content (AvgIpc) is 2.36. The fraction of sp³-hybridized carbons (Fsp3) is 0.500. The van der Waals surface area contributed by atoms with Gasteiger partial charge in [0.15, 0.2) is 0 Å². The van der Waals surface area contributed by atoms with Gasteiger partial charge in [-0.05, 0) is 31.9 Å². The molecular weight excluding hydrogens is 214 g/mol. The van der Waals surface area contributed by atoms with Gasteiger partial charge in [-0.15, -0.1) is 0 Å². The first-order valence-electron chi connectivity index (χ1n) is 5.96. The molecule has 94 valence electrons. The number of hydrogen-bond acceptors (Lipinski definition) is 2. The van der Waals surface area contributed by atoms with Crippen molar-refractivity contribution in [3.8, 4) is 0 Å². The van der Waals surface area contributed by atoms with Gasteiger partial charge in [-0.25, -0.2) is 0 Å². The van der Waals surface area contributed by atoms with E-state index in [0.717, 1.165) is 0 Å². The number of rotatable bonds is 5. The van der Waals surface area contributed by atoms with E-state index in [1.807, 2.05) is 24.0 Å². The van der Waals surface area contributed by atoms with Crippen molar-refractivity contribution in [2.24, 2.45) is 0 Å². The minimum absolute atomic E-state index is 0.0400. The van der Waals surface area contributed by atoms with Crippen molar-refractivity contribution < 1.29 is 9.53 Å². The molecule has 17 heavy (non-hydrogen) atoms. The molecule has 0 aliphatic rings. The first-order chi connectivity index (χ1) is 8.10. The molecule has 0 radical (unpaired) electrons. The van der Waals surface area contributed by atoms with Gasteiger partial charge in [-0.1, -0.05) is 24.3 Å². The number of nitrogens with zero attached hydrogens (tertiary/aromatic N) is 1. The molecule has 3 nitrogen and oxygen atoms in total. The molecule has 1 aromatic rings. The molecular formula is C14H21NO2. The standard InChI is InChI=1S/C14H21NO2/c1-5-15(14(16)12(3)17-4)10-13-9-7-6-8-11(13)2/h6-9,12H,5,10H2,1-4H3. The van der Waals surface area contributed by atoms with Crippen molar-refractivity contribution in [1.82, 2.24) is 4.90 Å². The second-order valence-electron chi connectivity index (χ2n) is 4.16. The Balaban J connectivity index is 2.77. The predicted molar refractivity (Wildman–Crippen MR) is 68.7 cm³/mol. The van der Waals surface area contributed by atoms with Crippen LogP contribution in [0.1, 0.15) is 25.0 Å². The lowest BCUT2D eigenvalue weighted by molar-refractivity contribution is -0.141. The van der Waals surface area contributed by atoms with E-state index in [0.29, 0.717) is 13.1 Å². The first-order valence-corrected chi connectivity index (χ1v) is 5.96. The number of hydrogen-bond donors (Lipinski definition) is 0. The number of aryl methyl sites for hydroxylation is 1. The van der Waals surface area contributed by atoms with Gasteiger partial charge in [0.2, 0.25) is 0 Å². The number of ether oxygens (including phenoxy) is 1. The third-order valence-electron chi connectivity index (χ3n) is 3.02. The third kappa shape index (κ3) is 3.56. The molecule has 1 rings (SSSR count). The summed E-state index contributed by atoms with van der Waals surface area (Å²) < 4.78 is 5.07. The lowest BCUT2D eigenvalue weighted by Crippen LogP contribution is -2.38. The summed E-state index contributed by atoms with van der Waals surface area (Å²) in [6, 6.07) is 8.13. The highest BCUT2D eigenvalue weighted by Gasteiger charge is 2.19. The van der Waals surface area contributed by atoms with Gasteiger partial charge in [0, 0.05) is 20.2 Å². The van der Waals surface area contributed by atoms with Gasteiger partial charge in [0.05, 0.1) is 0 Å². The Labute approximate surface area is 103 Å². The largest absolute Gasteiger partial charge is 0.372 e. The zero-order valence-electron chi connectivity index (χ0n) is 11.1. The number of carbonyl (C=O) groups is 1. The molecule has 1 unspecified atom stereocenters. The van der Waals surface area contributed by atoms with E-state index in [2.05, 4.69) is 19.1 Å². The van der Waals surface area contributed by atoms with E-state index in [9.17, 15) is 4.79 Å². The van der Waals surface area contributed by atoms with Crippen molar-refractivity contribution in [2.45, 2.75) is 33.4 Å². The van der Waals surface area contributed by atoms with Crippen LogP contribution >= 0.6 is 0 Å². The highest BCUT2D eigenvalue weighted by atomic mass is 16.5. The van der Waals surface area contributed by atoms with Gasteiger partial charge >= 0.3 is 0 Å². The molecule has 0 heterocycles. The van der Waals surface area contributed by atoms with Gasteiger partial charge in [0.1, 0.15) is 6.10 Å². The maximum atomic E-state index is 12.0. The zero-order valence-corrected chi connectivity index (χ0v) is 11.1. The van der Waals surface area contributed by atoms with Crippen molar-refractivity contribution in [3.63, 3.8) is 0 Å². The summed E-state index contributed by atoms with van der Waals surface area (Å²) >= 11 is 0. The molecule has 1 amide bonds. The van der Waals surface area contributed by atoms with E-state index in [4.69, 9.17) is 4.74 Å². The summed E-state index contributed by atoms with van der Waals surface area (Å²) in [5, 5.41) is 0. The van der Waals surface area contributed by atoms with Crippen LogP contribution in [-0.4, -0.2) is 30.6 Å². The predicted octanol–water partition coefficient (Wildman–Crippen LogP) is 2.38. The Morgan fingerprint density at radius 1 is 1.41 bits per heavy atom. The average molecular weight is 235 g/mol. The zero-order chi connectivity index (χ0) is 12.8. The second-order valence-corrected chi connectivity index (χ2v) is 4.16. The number of likely N-dealkylation sites (N-methyl/N-ethyl adjacent to an activating group) is 1. The second kappa shape index (κ2) is 6.40. The summed E-state index contributed by atoms with van der Waals surface area (Å²) in [7, 11) is 1.56. The molecule has 0 saturated heterocycles. The number of carbonyl (C=O) groups excluding carboxylic acids is 1. The van der Waals surface area contributed by atoms with E-state index >= 15 is 0 Å². The van der Waals surface area contributed by atoms with Crippen LogP contribution in [0.2, 0.25) is 0 Å². The molecule has 0 aliphatic carbocycles. The van der Waals surface area contributed by atoms with Crippen LogP contribution in [0.15, 0.2) is 24.3 Å². The molecule has 1 atom stereocenters. The van der Waals surface area contributed by atoms with Gasteiger partial charge < -0.3 is 9.64 Å². The summed E-state index contributed by atoms with van der Waals surface area (Å²) in [4.78, 5) is 13.8. The lowest BCUT2D eigenvalue weighted by atomic mass is 10.1. The third-order valence-corrected chi connectivity index (χ3v) is 3.02. The summed E-state index contributed by atoms with van der Waals surface area (Å²) in [6.45, 7) is 7.17. The van der Waals surface area contributed by atoms with Gasteiger partial charge in [-0.2, -0.15) is 0 Å². The number of methoxy groups -OCH3 is 1. The fourth-order valence-electron chi connectivity index (χ4n) is 1.70. The molecule has 0 saturated carbocycles. The number of benzene rings is 1. The van der Waals surface area contributed by atoms with Crippen LogP contribution in [0.5, 0.6) is 0 Å². The highest BCUT2D eigenvalue weighted by molar-refractivity contribution is 5.80. The molecule has 0 bridgehead atoms. The van der Waals surface area contributed by atoms with Crippen LogP contribution < -0.4 is 0 Å². The fourth-order valence-corrected chi connectivity index (χ4v) is 1.70. The molecule has 1 aromatic carbocycles. The van der Waals surface area contributed by atoms with Crippen molar-refractivity contribution in [1.29, 1.82) is 0 Å². The van der Waals surface area contributed by atoms with Crippen LogP contribution in [0.3, 0.4) is 0 Å². The summed E-state index contributed by atoms with van der Waals surface area (Å²) in [6.07, 6.45) is -0.376. The van der Waals surface area contributed by atoms with Crippen LogP contribution in [-0.2, 0) is 16.1 Å². The van der Waals surface area contributed by atoms with Gasteiger partial charge in [-0.3, -0.25) is 4.79 Å². The van der Waals surface area contributed by atoms with E-state index < -0.39 is 0 Å². The quantitative estimate of drug-likeness (QED) is 0.784. The maximum Gasteiger partial charge on any atom is 0.251 e.